The molecule has 0 aliphatic carbocycles. The summed E-state index contributed by atoms with van der Waals surface area (Å²) in [6.07, 6.45) is 3.95. The van der Waals surface area contributed by atoms with Crippen molar-refractivity contribution in [1.82, 2.24) is 14.2 Å². The fraction of sp³-hybridized carbons (Fsp3) is 0.350. The van der Waals surface area contributed by atoms with Gasteiger partial charge in [0.1, 0.15) is 0 Å². The first-order valence-corrected chi connectivity index (χ1v) is 10.2. The average molecular weight is 385 g/mol. The predicted molar refractivity (Wildman–Crippen MR) is 110 cm³/mol. The molecular formula is C20H24N4O2S. The van der Waals surface area contributed by atoms with Crippen LogP contribution in [0.15, 0.2) is 53.5 Å². The molecule has 1 atom stereocenters. The highest BCUT2D eigenvalue weighted by Gasteiger charge is 2.13. The molecule has 3 rings (SSSR count). The monoisotopic (exact) mass is 384 g/mol. The maximum absolute atomic E-state index is 12.4. The highest BCUT2D eigenvalue weighted by molar-refractivity contribution is 8.00. The molecule has 0 aliphatic heterocycles. The van der Waals surface area contributed by atoms with Gasteiger partial charge in [-0.3, -0.25) is 9.20 Å². The van der Waals surface area contributed by atoms with Gasteiger partial charge in [0.05, 0.1) is 11.8 Å². The number of anilines is 1. The molecule has 0 spiro atoms. The second-order valence-corrected chi connectivity index (χ2v) is 7.87. The number of hydrogen-bond acceptors (Lipinski definition) is 4. The van der Waals surface area contributed by atoms with Crippen LogP contribution in [-0.4, -0.2) is 31.1 Å². The first kappa shape index (κ1) is 19.2. The van der Waals surface area contributed by atoms with Crippen LogP contribution in [0.2, 0.25) is 0 Å². The Bertz CT molecular complexity index is 979. The molecule has 2 heterocycles. The third-order valence-electron chi connectivity index (χ3n) is 4.25. The van der Waals surface area contributed by atoms with E-state index in [1.807, 2.05) is 37.3 Å². The minimum absolute atomic E-state index is 0.00171. The van der Waals surface area contributed by atoms with Crippen LogP contribution in [-0.2, 0) is 11.3 Å². The van der Waals surface area contributed by atoms with Gasteiger partial charge in [-0.25, -0.2) is 9.48 Å². The van der Waals surface area contributed by atoms with E-state index in [9.17, 15) is 9.59 Å². The lowest BCUT2D eigenvalue weighted by atomic mass is 10.2. The maximum atomic E-state index is 12.4. The Morgan fingerprint density at radius 3 is 2.89 bits per heavy atom. The first-order valence-electron chi connectivity index (χ1n) is 9.14. The number of amides is 1. The van der Waals surface area contributed by atoms with E-state index in [-0.39, 0.29) is 16.8 Å². The van der Waals surface area contributed by atoms with Gasteiger partial charge in [-0.15, -0.1) is 16.9 Å². The molecule has 0 aliphatic rings. The number of carbonyl (C=O) groups excluding carboxylic acids is 1. The van der Waals surface area contributed by atoms with Crippen molar-refractivity contribution in [3.63, 3.8) is 0 Å². The highest BCUT2D eigenvalue weighted by atomic mass is 32.2. The molecule has 0 radical (unpaired) electrons. The Hall–Kier alpha value is -2.54. The number of unbranched alkanes of at least 4 members (excludes halogenated alkanes) is 1. The third-order valence-corrected chi connectivity index (χ3v) is 5.49. The summed E-state index contributed by atoms with van der Waals surface area (Å²) >= 11 is 1.67. The third kappa shape index (κ3) is 4.80. The van der Waals surface area contributed by atoms with Crippen molar-refractivity contribution < 1.29 is 4.79 Å². The van der Waals surface area contributed by atoms with E-state index in [4.69, 9.17) is 0 Å². The van der Waals surface area contributed by atoms with Crippen LogP contribution in [0.3, 0.4) is 0 Å². The predicted octanol–water partition coefficient (Wildman–Crippen LogP) is 3.40. The van der Waals surface area contributed by atoms with Crippen LogP contribution in [0.1, 0.15) is 32.3 Å². The van der Waals surface area contributed by atoms with Crippen LogP contribution in [0.4, 0.5) is 5.69 Å². The van der Waals surface area contributed by atoms with Crippen LogP contribution < -0.4 is 11.0 Å². The van der Waals surface area contributed by atoms with Gasteiger partial charge in [0.15, 0.2) is 5.65 Å². The number of rotatable bonds is 8. The van der Waals surface area contributed by atoms with Gasteiger partial charge >= 0.3 is 5.69 Å². The van der Waals surface area contributed by atoms with E-state index in [1.165, 1.54) is 9.08 Å². The Morgan fingerprint density at radius 1 is 1.26 bits per heavy atom. The number of pyridine rings is 1. The number of nitrogens with zero attached hydrogens (tertiary/aromatic N) is 3. The van der Waals surface area contributed by atoms with E-state index in [0.717, 1.165) is 29.8 Å². The summed E-state index contributed by atoms with van der Waals surface area (Å²) < 4.78 is 2.94. The average Bonchev–Trinajstić information content (AvgIpc) is 2.98. The maximum Gasteiger partial charge on any atom is 0.350 e. The van der Waals surface area contributed by atoms with Crippen molar-refractivity contribution in [1.29, 1.82) is 0 Å². The van der Waals surface area contributed by atoms with E-state index in [1.54, 1.807) is 30.1 Å². The summed E-state index contributed by atoms with van der Waals surface area (Å²) in [6, 6.07) is 13.0. The van der Waals surface area contributed by atoms with Crippen molar-refractivity contribution in [2.24, 2.45) is 0 Å². The second kappa shape index (κ2) is 8.90. The summed E-state index contributed by atoms with van der Waals surface area (Å²) in [6.45, 7) is 4.42. The zero-order valence-electron chi connectivity index (χ0n) is 15.6. The van der Waals surface area contributed by atoms with Gasteiger partial charge in [-0.2, -0.15) is 0 Å². The molecule has 1 N–H and O–H groups in total. The molecule has 1 aromatic carbocycles. The molecular weight excluding hydrogens is 360 g/mol. The van der Waals surface area contributed by atoms with Crippen LogP contribution >= 0.6 is 11.8 Å². The molecule has 0 fully saturated rings. The molecule has 0 saturated heterocycles. The number of carbonyl (C=O) groups is 1. The Kier molecular flexibility index (Phi) is 6.34. The van der Waals surface area contributed by atoms with E-state index >= 15 is 0 Å². The molecule has 1 unspecified atom stereocenters. The van der Waals surface area contributed by atoms with E-state index < -0.39 is 0 Å². The first-order chi connectivity index (χ1) is 13.1. The standard InChI is InChI=1S/C20H24N4O2S/c1-3-4-12-27-15(2)19(25)21-17-9-7-8-16(13-17)14-24-20(26)23-11-6-5-10-18(23)22-24/h5-11,13,15H,3-4,12,14H2,1-2H3,(H,21,25). The molecule has 2 aromatic heterocycles. The lowest BCUT2D eigenvalue weighted by Crippen LogP contribution is -2.23. The summed E-state index contributed by atoms with van der Waals surface area (Å²) in [5, 5.41) is 7.21. The highest BCUT2D eigenvalue weighted by Crippen LogP contribution is 2.17. The number of hydrogen-bond donors (Lipinski definition) is 1. The molecule has 1 amide bonds. The SMILES string of the molecule is CCCCSC(C)C(=O)Nc1cccc(Cn2nc3ccccn3c2=O)c1. The number of fused-ring (bicyclic) bond motifs is 1. The summed E-state index contributed by atoms with van der Waals surface area (Å²) in [4.78, 5) is 24.7. The van der Waals surface area contributed by atoms with Gasteiger partial charge in [-0.1, -0.05) is 31.5 Å². The van der Waals surface area contributed by atoms with Gasteiger partial charge in [0.25, 0.3) is 0 Å². The largest absolute Gasteiger partial charge is 0.350 e. The van der Waals surface area contributed by atoms with Crippen molar-refractivity contribution >= 4 is 29.0 Å². The lowest BCUT2D eigenvalue weighted by molar-refractivity contribution is -0.115. The molecule has 6 nitrogen and oxygen atoms in total. The summed E-state index contributed by atoms with van der Waals surface area (Å²) in [5.74, 6) is 0.986. The van der Waals surface area contributed by atoms with Crippen LogP contribution in [0.5, 0.6) is 0 Å². The number of aromatic nitrogens is 3. The fourth-order valence-corrected chi connectivity index (χ4v) is 3.73. The molecule has 7 heteroatoms. The molecule has 3 aromatic rings. The van der Waals surface area contributed by atoms with E-state index in [2.05, 4.69) is 17.3 Å². The van der Waals surface area contributed by atoms with E-state index in [0.29, 0.717) is 12.2 Å². The minimum atomic E-state index is -0.180. The van der Waals surface area contributed by atoms with Crippen molar-refractivity contribution in [3.8, 4) is 0 Å². The Balaban J connectivity index is 1.69. The Labute approximate surface area is 162 Å². The number of nitrogens with one attached hydrogen (secondary N) is 1. The summed E-state index contributed by atoms with van der Waals surface area (Å²) in [5.41, 5.74) is 2.08. The zero-order chi connectivity index (χ0) is 19.2. The van der Waals surface area contributed by atoms with Crippen molar-refractivity contribution in [2.75, 3.05) is 11.1 Å². The number of benzene rings is 1. The molecule has 27 heavy (non-hydrogen) atoms. The quantitative estimate of drug-likeness (QED) is 0.605. The van der Waals surface area contributed by atoms with Gasteiger partial charge in [-0.05, 0) is 48.9 Å². The Morgan fingerprint density at radius 2 is 2.11 bits per heavy atom. The van der Waals surface area contributed by atoms with Crippen LogP contribution in [0.25, 0.3) is 5.65 Å². The van der Waals surface area contributed by atoms with Gasteiger partial charge in [0.2, 0.25) is 5.91 Å². The van der Waals surface area contributed by atoms with Crippen molar-refractivity contribution in [3.05, 3.63) is 64.7 Å². The van der Waals surface area contributed by atoms with Crippen molar-refractivity contribution in [2.45, 2.75) is 38.5 Å². The smallest absolute Gasteiger partial charge is 0.325 e. The summed E-state index contributed by atoms with van der Waals surface area (Å²) in [7, 11) is 0. The fourth-order valence-electron chi connectivity index (χ4n) is 2.72. The van der Waals surface area contributed by atoms with Gasteiger partial charge in [0, 0.05) is 11.9 Å². The number of thioether (sulfide) groups is 1. The lowest BCUT2D eigenvalue weighted by Gasteiger charge is -2.12. The van der Waals surface area contributed by atoms with Crippen LogP contribution in [0, 0.1) is 0 Å². The molecule has 142 valence electrons. The zero-order valence-corrected chi connectivity index (χ0v) is 16.4. The topological polar surface area (TPSA) is 68.4 Å². The van der Waals surface area contributed by atoms with Gasteiger partial charge < -0.3 is 5.32 Å². The molecule has 0 saturated carbocycles. The minimum Gasteiger partial charge on any atom is -0.325 e. The second-order valence-electron chi connectivity index (χ2n) is 6.43. The molecule has 0 bridgehead atoms. The normalized spacial score (nSPS) is 12.2.